The maximum atomic E-state index is 12.4. The molecule has 4 heteroatoms. The van der Waals surface area contributed by atoms with Crippen molar-refractivity contribution in [2.75, 3.05) is 33.8 Å². The van der Waals surface area contributed by atoms with Crippen molar-refractivity contribution in [3.8, 4) is 0 Å². The standard InChI is InChI=1S/C19H38N2O2/c1-15(2)7-8-19(9-12-23-17(13-19)16(3)4)14-18(22)20-10-11-21(5)6/h15-17H,7-14H2,1-6H3,(H,20,22)/t17-,19-/m1/s1. The molecule has 1 heterocycles. The first-order valence-electron chi connectivity index (χ1n) is 9.27. The molecule has 1 rings (SSSR count). The van der Waals surface area contributed by atoms with Gasteiger partial charge in [-0.3, -0.25) is 4.79 Å². The topological polar surface area (TPSA) is 41.6 Å². The molecular weight excluding hydrogens is 288 g/mol. The summed E-state index contributed by atoms with van der Waals surface area (Å²) in [5, 5.41) is 3.10. The molecule has 0 aromatic rings. The summed E-state index contributed by atoms with van der Waals surface area (Å²) in [5.74, 6) is 1.41. The summed E-state index contributed by atoms with van der Waals surface area (Å²) in [6, 6.07) is 0. The summed E-state index contributed by atoms with van der Waals surface area (Å²) in [7, 11) is 4.06. The van der Waals surface area contributed by atoms with Crippen LogP contribution < -0.4 is 5.32 Å². The zero-order chi connectivity index (χ0) is 17.5. The first-order valence-corrected chi connectivity index (χ1v) is 9.27. The van der Waals surface area contributed by atoms with E-state index in [-0.39, 0.29) is 11.3 Å². The van der Waals surface area contributed by atoms with Crippen LogP contribution in [0.4, 0.5) is 0 Å². The number of nitrogens with zero attached hydrogens (tertiary/aromatic N) is 1. The van der Waals surface area contributed by atoms with Crippen molar-refractivity contribution >= 4 is 5.91 Å². The van der Waals surface area contributed by atoms with E-state index in [2.05, 4.69) is 37.9 Å². The second-order valence-corrected chi connectivity index (χ2v) is 8.37. The second kappa shape index (κ2) is 9.63. The molecule has 1 fully saturated rings. The van der Waals surface area contributed by atoms with Crippen LogP contribution in [0.15, 0.2) is 0 Å². The van der Waals surface area contributed by atoms with Gasteiger partial charge in [-0.2, -0.15) is 0 Å². The highest BCUT2D eigenvalue weighted by Gasteiger charge is 2.39. The lowest BCUT2D eigenvalue weighted by Gasteiger charge is -2.42. The van der Waals surface area contributed by atoms with Crippen LogP contribution in [0.3, 0.4) is 0 Å². The highest BCUT2D eigenvalue weighted by atomic mass is 16.5. The van der Waals surface area contributed by atoms with E-state index < -0.39 is 0 Å². The van der Waals surface area contributed by atoms with Crippen LogP contribution in [0, 0.1) is 17.3 Å². The Balaban J connectivity index is 2.65. The zero-order valence-corrected chi connectivity index (χ0v) is 16.2. The van der Waals surface area contributed by atoms with Crippen LogP contribution in [0.1, 0.15) is 59.8 Å². The molecule has 0 aromatic carbocycles. The van der Waals surface area contributed by atoms with Crippen LogP contribution >= 0.6 is 0 Å². The Morgan fingerprint density at radius 3 is 2.57 bits per heavy atom. The van der Waals surface area contributed by atoms with Gasteiger partial charge in [0.2, 0.25) is 5.91 Å². The summed E-state index contributed by atoms with van der Waals surface area (Å²) in [5.41, 5.74) is 0.125. The number of carbonyl (C=O) groups is 1. The van der Waals surface area contributed by atoms with E-state index in [4.69, 9.17) is 4.74 Å². The van der Waals surface area contributed by atoms with Gasteiger partial charge >= 0.3 is 0 Å². The number of amides is 1. The fourth-order valence-corrected chi connectivity index (χ4v) is 3.34. The Bertz CT molecular complexity index is 355. The lowest BCUT2D eigenvalue weighted by atomic mass is 9.69. The molecule has 1 aliphatic rings. The largest absolute Gasteiger partial charge is 0.378 e. The first-order chi connectivity index (χ1) is 10.7. The summed E-state index contributed by atoms with van der Waals surface area (Å²) in [6.07, 6.45) is 5.32. The van der Waals surface area contributed by atoms with Crippen molar-refractivity contribution < 1.29 is 9.53 Å². The minimum atomic E-state index is 0.125. The molecule has 23 heavy (non-hydrogen) atoms. The SMILES string of the molecule is CC(C)CC[C@@]1(CC(=O)NCCN(C)C)CCO[C@@H](C(C)C)C1. The first kappa shape index (κ1) is 20.4. The molecular formula is C19H38N2O2. The number of ether oxygens (including phenoxy) is 1. The van der Waals surface area contributed by atoms with Gasteiger partial charge in [0, 0.05) is 26.1 Å². The second-order valence-electron chi connectivity index (χ2n) is 8.37. The van der Waals surface area contributed by atoms with Gasteiger partial charge in [0.15, 0.2) is 0 Å². The normalized spacial score (nSPS) is 25.3. The van der Waals surface area contributed by atoms with Crippen LogP contribution in [-0.2, 0) is 9.53 Å². The van der Waals surface area contributed by atoms with Crippen molar-refractivity contribution in [3.05, 3.63) is 0 Å². The minimum Gasteiger partial charge on any atom is -0.378 e. The Kier molecular flexibility index (Phi) is 8.56. The third-order valence-corrected chi connectivity index (χ3v) is 5.01. The molecule has 1 aliphatic heterocycles. The van der Waals surface area contributed by atoms with Crippen molar-refractivity contribution in [1.29, 1.82) is 0 Å². The maximum absolute atomic E-state index is 12.4. The Morgan fingerprint density at radius 1 is 1.30 bits per heavy atom. The van der Waals surface area contributed by atoms with Crippen molar-refractivity contribution in [2.24, 2.45) is 17.3 Å². The molecule has 0 saturated carbocycles. The van der Waals surface area contributed by atoms with Gasteiger partial charge < -0.3 is 15.0 Å². The van der Waals surface area contributed by atoms with Gasteiger partial charge in [-0.15, -0.1) is 0 Å². The number of nitrogens with one attached hydrogen (secondary N) is 1. The molecule has 0 aliphatic carbocycles. The lowest BCUT2D eigenvalue weighted by Crippen LogP contribution is -2.42. The van der Waals surface area contributed by atoms with E-state index in [1.54, 1.807) is 0 Å². The van der Waals surface area contributed by atoms with Gasteiger partial charge in [0.05, 0.1) is 6.10 Å². The molecule has 0 aromatic heterocycles. The molecule has 1 amide bonds. The van der Waals surface area contributed by atoms with E-state index in [9.17, 15) is 4.79 Å². The number of hydrogen-bond donors (Lipinski definition) is 1. The Labute approximate surface area is 143 Å². The zero-order valence-electron chi connectivity index (χ0n) is 16.2. The van der Waals surface area contributed by atoms with E-state index in [1.807, 2.05) is 14.1 Å². The van der Waals surface area contributed by atoms with E-state index >= 15 is 0 Å². The van der Waals surface area contributed by atoms with E-state index in [0.717, 1.165) is 39.0 Å². The molecule has 0 spiro atoms. The fourth-order valence-electron chi connectivity index (χ4n) is 3.34. The van der Waals surface area contributed by atoms with Gasteiger partial charge in [0.25, 0.3) is 0 Å². The number of hydrogen-bond acceptors (Lipinski definition) is 3. The van der Waals surface area contributed by atoms with E-state index in [0.29, 0.717) is 24.4 Å². The fraction of sp³-hybridized carbons (Fsp3) is 0.947. The van der Waals surface area contributed by atoms with Crippen LogP contribution in [0.5, 0.6) is 0 Å². The average Bonchev–Trinajstić information content (AvgIpc) is 2.45. The van der Waals surface area contributed by atoms with Crippen LogP contribution in [0.2, 0.25) is 0 Å². The average molecular weight is 327 g/mol. The molecule has 0 radical (unpaired) electrons. The van der Waals surface area contributed by atoms with Crippen molar-refractivity contribution in [2.45, 2.75) is 65.9 Å². The quantitative estimate of drug-likeness (QED) is 0.707. The molecule has 4 nitrogen and oxygen atoms in total. The van der Waals surface area contributed by atoms with Gasteiger partial charge in [-0.1, -0.05) is 34.1 Å². The lowest BCUT2D eigenvalue weighted by molar-refractivity contribution is -0.128. The maximum Gasteiger partial charge on any atom is 0.220 e. The summed E-state index contributed by atoms with van der Waals surface area (Å²) in [6.45, 7) is 11.4. The van der Waals surface area contributed by atoms with E-state index in [1.165, 1.54) is 6.42 Å². The number of carbonyl (C=O) groups excluding carboxylic acids is 1. The number of rotatable bonds is 9. The summed E-state index contributed by atoms with van der Waals surface area (Å²) in [4.78, 5) is 14.5. The minimum absolute atomic E-state index is 0.125. The molecule has 2 atom stereocenters. The van der Waals surface area contributed by atoms with Gasteiger partial charge in [0.1, 0.15) is 0 Å². The molecule has 136 valence electrons. The Morgan fingerprint density at radius 2 is 2.00 bits per heavy atom. The van der Waals surface area contributed by atoms with Crippen LogP contribution in [0.25, 0.3) is 0 Å². The molecule has 0 bridgehead atoms. The van der Waals surface area contributed by atoms with Gasteiger partial charge in [-0.25, -0.2) is 0 Å². The third kappa shape index (κ3) is 7.67. The van der Waals surface area contributed by atoms with Crippen LogP contribution in [-0.4, -0.2) is 50.7 Å². The van der Waals surface area contributed by atoms with Gasteiger partial charge in [-0.05, 0) is 50.6 Å². The monoisotopic (exact) mass is 326 g/mol. The predicted molar refractivity (Wildman–Crippen MR) is 96.5 cm³/mol. The molecule has 1 saturated heterocycles. The molecule has 0 unspecified atom stereocenters. The Hall–Kier alpha value is -0.610. The molecule has 1 N–H and O–H groups in total. The summed E-state index contributed by atoms with van der Waals surface area (Å²) >= 11 is 0. The van der Waals surface area contributed by atoms with Crippen molar-refractivity contribution in [3.63, 3.8) is 0 Å². The third-order valence-electron chi connectivity index (χ3n) is 5.01. The van der Waals surface area contributed by atoms with Crippen molar-refractivity contribution in [1.82, 2.24) is 10.2 Å². The predicted octanol–water partition coefficient (Wildman–Crippen LogP) is 3.31. The smallest absolute Gasteiger partial charge is 0.220 e. The number of likely N-dealkylation sites (N-methyl/N-ethyl adjacent to an activating group) is 1. The highest BCUT2D eigenvalue weighted by Crippen LogP contribution is 2.43. The highest BCUT2D eigenvalue weighted by molar-refractivity contribution is 5.76. The summed E-state index contributed by atoms with van der Waals surface area (Å²) < 4.78 is 5.96.